The maximum atomic E-state index is 11.9. The van der Waals surface area contributed by atoms with Gasteiger partial charge in [-0.25, -0.2) is 23.9 Å². The molecular weight excluding hydrogens is 402 g/mol. The minimum atomic E-state index is -1.24. The molecule has 2 rings (SSSR count). The van der Waals surface area contributed by atoms with Crippen LogP contribution < -0.4 is 5.32 Å². The number of amides is 1. The van der Waals surface area contributed by atoms with Gasteiger partial charge in [-0.1, -0.05) is 36.4 Å². The SMILES string of the molecule is CC(C)(C)OC(=O)N[C@@H](Cc1cn(C(=O)OC(C)(C)C)cn1)C(=O)O.c1ccccc1. The minimum absolute atomic E-state index is 0.107. The van der Waals surface area contributed by atoms with Gasteiger partial charge in [0.05, 0.1) is 5.69 Å². The van der Waals surface area contributed by atoms with E-state index in [0.29, 0.717) is 5.69 Å². The van der Waals surface area contributed by atoms with Crippen LogP contribution in [0.1, 0.15) is 47.2 Å². The first-order chi connectivity index (χ1) is 14.3. The maximum absolute atomic E-state index is 11.9. The number of imidazole rings is 1. The molecule has 0 aliphatic carbocycles. The Kier molecular flexibility index (Phi) is 9.23. The zero-order valence-electron chi connectivity index (χ0n) is 18.8. The van der Waals surface area contributed by atoms with E-state index in [0.717, 1.165) is 4.57 Å². The summed E-state index contributed by atoms with van der Waals surface area (Å²) in [6.07, 6.45) is 1.02. The summed E-state index contributed by atoms with van der Waals surface area (Å²) in [4.78, 5) is 39.0. The Morgan fingerprint density at radius 1 is 0.968 bits per heavy atom. The molecule has 2 aromatic rings. The van der Waals surface area contributed by atoms with Gasteiger partial charge < -0.3 is 19.9 Å². The normalized spacial score (nSPS) is 12.1. The highest BCUT2D eigenvalue weighted by atomic mass is 16.6. The lowest BCUT2D eigenvalue weighted by molar-refractivity contribution is -0.139. The fraction of sp³-hybridized carbons (Fsp3) is 0.455. The Hall–Kier alpha value is -3.36. The summed E-state index contributed by atoms with van der Waals surface area (Å²) in [6.45, 7) is 10.2. The van der Waals surface area contributed by atoms with Gasteiger partial charge in [-0.2, -0.15) is 0 Å². The van der Waals surface area contributed by atoms with Gasteiger partial charge in [0.25, 0.3) is 0 Å². The molecule has 1 aromatic heterocycles. The van der Waals surface area contributed by atoms with Crippen LogP contribution in [0.15, 0.2) is 48.9 Å². The first-order valence-corrected chi connectivity index (χ1v) is 9.75. The largest absolute Gasteiger partial charge is 0.480 e. The monoisotopic (exact) mass is 433 g/mol. The van der Waals surface area contributed by atoms with Crippen LogP contribution in [-0.2, 0) is 20.7 Å². The average molecular weight is 434 g/mol. The third kappa shape index (κ3) is 11.4. The Balaban J connectivity index is 0.000000683. The van der Waals surface area contributed by atoms with Gasteiger partial charge in [-0.3, -0.25) is 0 Å². The highest BCUT2D eigenvalue weighted by Crippen LogP contribution is 2.11. The summed E-state index contributed by atoms with van der Waals surface area (Å²) < 4.78 is 11.3. The maximum Gasteiger partial charge on any atom is 0.419 e. The summed E-state index contributed by atoms with van der Waals surface area (Å²) in [7, 11) is 0. The third-order valence-electron chi connectivity index (χ3n) is 3.31. The van der Waals surface area contributed by atoms with Crippen LogP contribution in [0.4, 0.5) is 9.59 Å². The molecule has 9 nitrogen and oxygen atoms in total. The molecule has 31 heavy (non-hydrogen) atoms. The fourth-order valence-electron chi connectivity index (χ4n) is 2.13. The molecule has 9 heteroatoms. The van der Waals surface area contributed by atoms with Crippen LogP contribution >= 0.6 is 0 Å². The zero-order chi connectivity index (χ0) is 23.7. The topological polar surface area (TPSA) is 120 Å². The van der Waals surface area contributed by atoms with Gasteiger partial charge in [0.1, 0.15) is 23.6 Å². The lowest BCUT2D eigenvalue weighted by Crippen LogP contribution is -2.44. The molecule has 0 saturated heterocycles. The molecule has 1 atom stereocenters. The second-order valence-corrected chi connectivity index (χ2v) is 8.65. The molecule has 0 radical (unpaired) electrons. The Morgan fingerprint density at radius 2 is 1.45 bits per heavy atom. The second-order valence-electron chi connectivity index (χ2n) is 8.65. The average Bonchev–Trinajstić information content (AvgIpc) is 3.09. The van der Waals surface area contributed by atoms with Crippen molar-refractivity contribution in [3.63, 3.8) is 0 Å². The molecule has 1 heterocycles. The molecule has 0 unspecified atom stereocenters. The Morgan fingerprint density at radius 3 is 1.87 bits per heavy atom. The van der Waals surface area contributed by atoms with Gasteiger partial charge in [-0.15, -0.1) is 0 Å². The highest BCUT2D eigenvalue weighted by Gasteiger charge is 2.25. The molecule has 0 fully saturated rings. The van der Waals surface area contributed by atoms with Gasteiger partial charge in [0.15, 0.2) is 0 Å². The summed E-state index contributed by atoms with van der Waals surface area (Å²) >= 11 is 0. The first-order valence-electron chi connectivity index (χ1n) is 9.75. The quantitative estimate of drug-likeness (QED) is 0.751. The molecule has 0 saturated carbocycles. The van der Waals surface area contributed by atoms with Crippen molar-refractivity contribution in [1.29, 1.82) is 0 Å². The number of carboxylic acid groups (broad SMARTS) is 1. The number of carboxylic acids is 1. The Labute approximate surface area is 182 Å². The van der Waals surface area contributed by atoms with E-state index in [1.54, 1.807) is 41.5 Å². The summed E-state index contributed by atoms with van der Waals surface area (Å²) in [5, 5.41) is 11.5. The predicted molar refractivity (Wildman–Crippen MR) is 115 cm³/mol. The van der Waals surface area contributed by atoms with Gasteiger partial charge in [0, 0.05) is 12.6 Å². The lowest BCUT2D eigenvalue weighted by Gasteiger charge is -2.21. The highest BCUT2D eigenvalue weighted by molar-refractivity contribution is 5.80. The van der Waals surface area contributed by atoms with Gasteiger partial charge >= 0.3 is 18.2 Å². The first kappa shape index (κ1) is 25.7. The van der Waals surface area contributed by atoms with E-state index in [9.17, 15) is 19.5 Å². The summed E-state index contributed by atoms with van der Waals surface area (Å²) in [5.74, 6) is -1.24. The standard InChI is InChI=1S/C16H25N3O6.C6H6/c1-15(2,3)24-13(22)18-11(12(20)21)7-10-8-19(9-17-10)14(23)25-16(4,5)6;1-2-4-6-5-3-1/h8-9,11H,7H2,1-6H3,(H,18,22)(H,20,21);1-6H/t11-;/m0./s1. The van der Waals surface area contributed by atoms with Crippen molar-refractivity contribution in [2.24, 2.45) is 0 Å². The zero-order valence-corrected chi connectivity index (χ0v) is 18.8. The van der Waals surface area contributed by atoms with Crippen LogP contribution in [0.2, 0.25) is 0 Å². The number of hydrogen-bond donors (Lipinski definition) is 2. The van der Waals surface area contributed by atoms with Crippen molar-refractivity contribution in [1.82, 2.24) is 14.9 Å². The number of hydrogen-bond acceptors (Lipinski definition) is 6. The van der Waals surface area contributed by atoms with Crippen LogP contribution in [0.3, 0.4) is 0 Å². The van der Waals surface area contributed by atoms with Crippen LogP contribution in [0, 0.1) is 0 Å². The molecule has 1 amide bonds. The Bertz CT molecular complexity index is 823. The van der Waals surface area contributed by atoms with E-state index >= 15 is 0 Å². The van der Waals surface area contributed by atoms with E-state index in [-0.39, 0.29) is 6.42 Å². The van der Waals surface area contributed by atoms with Crippen molar-refractivity contribution in [2.45, 2.75) is 65.2 Å². The van der Waals surface area contributed by atoms with Crippen molar-refractivity contribution >= 4 is 18.2 Å². The molecule has 2 N–H and O–H groups in total. The third-order valence-corrected chi connectivity index (χ3v) is 3.31. The number of nitrogens with zero attached hydrogens (tertiary/aromatic N) is 2. The van der Waals surface area contributed by atoms with Crippen molar-refractivity contribution in [3.8, 4) is 0 Å². The lowest BCUT2D eigenvalue weighted by atomic mass is 10.1. The van der Waals surface area contributed by atoms with E-state index < -0.39 is 35.4 Å². The number of benzene rings is 1. The van der Waals surface area contributed by atoms with E-state index in [4.69, 9.17) is 9.47 Å². The van der Waals surface area contributed by atoms with Gasteiger partial charge in [0.2, 0.25) is 0 Å². The minimum Gasteiger partial charge on any atom is -0.480 e. The van der Waals surface area contributed by atoms with Crippen LogP contribution in [0.5, 0.6) is 0 Å². The molecule has 1 aromatic carbocycles. The van der Waals surface area contributed by atoms with Crippen molar-refractivity contribution < 1.29 is 29.0 Å². The van der Waals surface area contributed by atoms with Gasteiger partial charge in [-0.05, 0) is 41.5 Å². The van der Waals surface area contributed by atoms with Crippen LogP contribution in [0.25, 0.3) is 0 Å². The van der Waals surface area contributed by atoms with Crippen molar-refractivity contribution in [3.05, 3.63) is 54.6 Å². The smallest absolute Gasteiger partial charge is 0.419 e. The summed E-state index contributed by atoms with van der Waals surface area (Å²) in [5.41, 5.74) is -1.09. The van der Waals surface area contributed by atoms with Crippen LogP contribution in [-0.4, -0.2) is 50.1 Å². The molecule has 0 bridgehead atoms. The molecule has 170 valence electrons. The van der Waals surface area contributed by atoms with E-state index in [1.807, 2.05) is 36.4 Å². The number of aromatic nitrogens is 2. The molecular formula is C22H31N3O6. The molecule has 0 spiro atoms. The van der Waals surface area contributed by atoms with E-state index in [2.05, 4.69) is 10.3 Å². The number of aliphatic carboxylic acids is 1. The number of rotatable bonds is 4. The molecule has 0 aliphatic rings. The van der Waals surface area contributed by atoms with E-state index in [1.165, 1.54) is 12.5 Å². The predicted octanol–water partition coefficient (Wildman–Crippen LogP) is 3.87. The number of alkyl carbamates (subject to hydrolysis) is 1. The summed E-state index contributed by atoms with van der Waals surface area (Å²) in [6, 6.07) is 10.8. The van der Waals surface area contributed by atoms with Crippen molar-refractivity contribution in [2.75, 3.05) is 0 Å². The fourth-order valence-corrected chi connectivity index (χ4v) is 2.13. The number of nitrogens with one attached hydrogen (secondary N) is 1. The second kappa shape index (κ2) is 11.1. The number of ether oxygens (including phenoxy) is 2. The molecule has 0 aliphatic heterocycles. The number of carbonyl (C=O) groups excluding carboxylic acids is 2. The number of carbonyl (C=O) groups is 3.